The molecule has 1 aliphatic rings. The molecule has 1 aliphatic heterocycles. The molecular weight excluding hydrogens is 280 g/mol. The van der Waals surface area contributed by atoms with Crippen molar-refractivity contribution in [2.75, 3.05) is 6.79 Å². The van der Waals surface area contributed by atoms with Gasteiger partial charge in [0.05, 0.1) is 0 Å². The molecule has 0 bridgehead atoms. The molecule has 0 unspecified atom stereocenters. The van der Waals surface area contributed by atoms with Crippen molar-refractivity contribution in [3.05, 3.63) is 71.8 Å². The van der Waals surface area contributed by atoms with Crippen LogP contribution in [-0.2, 0) is 22.6 Å². The average Bonchev–Trinajstić information content (AvgIpc) is 3.02. The van der Waals surface area contributed by atoms with E-state index in [9.17, 15) is 4.79 Å². The van der Waals surface area contributed by atoms with Crippen LogP contribution in [0, 0.1) is 0 Å². The zero-order valence-electron chi connectivity index (χ0n) is 12.0. The molecule has 0 aliphatic carbocycles. The van der Waals surface area contributed by atoms with Gasteiger partial charge < -0.3 is 14.2 Å². The summed E-state index contributed by atoms with van der Waals surface area (Å²) in [6.45, 7) is 0.550. The number of allylic oxidation sites excluding steroid dienone is 1. The summed E-state index contributed by atoms with van der Waals surface area (Å²) in [5.74, 6) is 1.16. The Morgan fingerprint density at radius 2 is 1.86 bits per heavy atom. The Hall–Kier alpha value is -2.75. The Morgan fingerprint density at radius 1 is 1.05 bits per heavy atom. The average molecular weight is 296 g/mol. The molecule has 2 aromatic rings. The summed E-state index contributed by atoms with van der Waals surface area (Å²) in [5.41, 5.74) is 2.02. The van der Waals surface area contributed by atoms with Crippen molar-refractivity contribution in [2.45, 2.75) is 13.0 Å². The van der Waals surface area contributed by atoms with Crippen LogP contribution in [0.4, 0.5) is 0 Å². The van der Waals surface area contributed by atoms with Crippen LogP contribution in [0.3, 0.4) is 0 Å². The summed E-state index contributed by atoms with van der Waals surface area (Å²) in [6, 6.07) is 15.3. The molecule has 0 aromatic heterocycles. The topological polar surface area (TPSA) is 44.8 Å². The molecule has 4 heteroatoms. The third-order valence-corrected chi connectivity index (χ3v) is 3.27. The van der Waals surface area contributed by atoms with E-state index < -0.39 is 0 Å². The van der Waals surface area contributed by atoms with Gasteiger partial charge in [0.2, 0.25) is 6.79 Å². The second-order valence-electron chi connectivity index (χ2n) is 4.89. The molecule has 22 heavy (non-hydrogen) atoms. The molecule has 0 radical (unpaired) electrons. The monoisotopic (exact) mass is 296 g/mol. The van der Waals surface area contributed by atoms with Crippen molar-refractivity contribution in [3.63, 3.8) is 0 Å². The third-order valence-electron chi connectivity index (χ3n) is 3.27. The van der Waals surface area contributed by atoms with E-state index in [1.807, 2.05) is 48.5 Å². The van der Waals surface area contributed by atoms with Crippen molar-refractivity contribution in [1.82, 2.24) is 0 Å². The summed E-state index contributed by atoms with van der Waals surface area (Å²) in [7, 11) is 0. The number of hydrogen-bond donors (Lipinski definition) is 0. The Balaban J connectivity index is 1.48. The van der Waals surface area contributed by atoms with Gasteiger partial charge in [-0.2, -0.15) is 0 Å². The highest BCUT2D eigenvalue weighted by molar-refractivity contribution is 5.81. The molecule has 0 atom stereocenters. The predicted octanol–water partition coefficient (Wildman–Crippen LogP) is 3.26. The van der Waals surface area contributed by atoms with Gasteiger partial charge in [-0.3, -0.25) is 0 Å². The van der Waals surface area contributed by atoms with E-state index in [0.717, 1.165) is 22.6 Å². The lowest BCUT2D eigenvalue weighted by atomic mass is 10.1. The van der Waals surface area contributed by atoms with Crippen LogP contribution in [0.25, 0.3) is 0 Å². The molecule has 0 spiro atoms. The van der Waals surface area contributed by atoms with E-state index >= 15 is 0 Å². The standard InChI is InChI=1S/C18H16O4/c19-18(20-12-15-5-2-1-3-6-15)8-4-7-14-9-10-16-17(11-14)22-13-21-16/h1-6,8-11H,7,12-13H2. The van der Waals surface area contributed by atoms with Gasteiger partial charge in [0, 0.05) is 6.08 Å². The smallest absolute Gasteiger partial charge is 0.330 e. The summed E-state index contributed by atoms with van der Waals surface area (Å²) in [5, 5.41) is 0. The number of ether oxygens (including phenoxy) is 3. The minimum Gasteiger partial charge on any atom is -0.458 e. The number of fused-ring (bicyclic) bond motifs is 1. The molecule has 0 saturated heterocycles. The maximum Gasteiger partial charge on any atom is 0.330 e. The van der Waals surface area contributed by atoms with Gasteiger partial charge in [-0.25, -0.2) is 4.79 Å². The number of rotatable bonds is 5. The second-order valence-corrected chi connectivity index (χ2v) is 4.89. The fourth-order valence-electron chi connectivity index (χ4n) is 2.14. The number of benzene rings is 2. The fraction of sp³-hybridized carbons (Fsp3) is 0.167. The van der Waals surface area contributed by atoms with E-state index in [-0.39, 0.29) is 19.4 Å². The molecule has 0 fully saturated rings. The molecule has 4 nitrogen and oxygen atoms in total. The lowest BCUT2D eigenvalue weighted by Crippen LogP contribution is -2.00. The molecule has 1 heterocycles. The molecule has 0 amide bonds. The van der Waals surface area contributed by atoms with Gasteiger partial charge in [-0.15, -0.1) is 0 Å². The number of carbonyl (C=O) groups is 1. The van der Waals surface area contributed by atoms with E-state index in [1.54, 1.807) is 6.08 Å². The first kappa shape index (κ1) is 14.2. The first-order valence-corrected chi connectivity index (χ1v) is 7.07. The highest BCUT2D eigenvalue weighted by Crippen LogP contribution is 2.32. The molecule has 0 saturated carbocycles. The van der Waals surface area contributed by atoms with Crippen molar-refractivity contribution >= 4 is 5.97 Å². The number of hydrogen-bond acceptors (Lipinski definition) is 4. The molecule has 2 aromatic carbocycles. The van der Waals surface area contributed by atoms with Crippen LogP contribution >= 0.6 is 0 Å². The van der Waals surface area contributed by atoms with Crippen molar-refractivity contribution in [2.24, 2.45) is 0 Å². The van der Waals surface area contributed by atoms with Crippen LogP contribution in [0.1, 0.15) is 11.1 Å². The first-order valence-electron chi connectivity index (χ1n) is 7.07. The summed E-state index contributed by atoms with van der Waals surface area (Å²) >= 11 is 0. The minimum absolute atomic E-state index is 0.264. The first-order chi connectivity index (χ1) is 10.8. The van der Waals surface area contributed by atoms with Gasteiger partial charge in [0.25, 0.3) is 0 Å². The van der Waals surface area contributed by atoms with E-state index in [4.69, 9.17) is 14.2 Å². The molecular formula is C18H16O4. The molecule has 112 valence electrons. The van der Waals surface area contributed by atoms with Crippen LogP contribution in [0.5, 0.6) is 11.5 Å². The van der Waals surface area contributed by atoms with Gasteiger partial charge in [-0.1, -0.05) is 42.5 Å². The normalized spacial score (nSPS) is 12.5. The Labute approximate surface area is 128 Å². The van der Waals surface area contributed by atoms with Crippen LogP contribution in [0.2, 0.25) is 0 Å². The Kier molecular flexibility index (Phi) is 4.39. The summed E-state index contributed by atoms with van der Waals surface area (Å²) in [6.07, 6.45) is 3.87. The van der Waals surface area contributed by atoms with Crippen molar-refractivity contribution in [3.8, 4) is 11.5 Å². The van der Waals surface area contributed by atoms with Crippen molar-refractivity contribution < 1.29 is 19.0 Å². The second kappa shape index (κ2) is 6.80. The van der Waals surface area contributed by atoms with Crippen LogP contribution in [-0.4, -0.2) is 12.8 Å². The summed E-state index contributed by atoms with van der Waals surface area (Å²) < 4.78 is 15.7. The predicted molar refractivity (Wildman–Crippen MR) is 81.6 cm³/mol. The van der Waals surface area contributed by atoms with Crippen LogP contribution < -0.4 is 9.47 Å². The zero-order valence-corrected chi connectivity index (χ0v) is 12.0. The van der Waals surface area contributed by atoms with Crippen LogP contribution in [0.15, 0.2) is 60.7 Å². The summed E-state index contributed by atoms with van der Waals surface area (Å²) in [4.78, 5) is 11.6. The van der Waals surface area contributed by atoms with Gasteiger partial charge >= 0.3 is 5.97 Å². The quantitative estimate of drug-likeness (QED) is 0.627. The minimum atomic E-state index is -0.343. The highest BCUT2D eigenvalue weighted by Gasteiger charge is 2.12. The third kappa shape index (κ3) is 3.67. The number of esters is 1. The largest absolute Gasteiger partial charge is 0.458 e. The maximum absolute atomic E-state index is 11.6. The Morgan fingerprint density at radius 3 is 2.73 bits per heavy atom. The lowest BCUT2D eigenvalue weighted by Gasteiger charge is -2.02. The van der Waals surface area contributed by atoms with E-state index in [1.165, 1.54) is 6.08 Å². The Bertz CT molecular complexity index is 677. The van der Waals surface area contributed by atoms with Gasteiger partial charge in [0.1, 0.15) is 6.61 Å². The number of carbonyl (C=O) groups excluding carboxylic acids is 1. The molecule has 3 rings (SSSR count). The zero-order chi connectivity index (χ0) is 15.2. The fourth-order valence-corrected chi connectivity index (χ4v) is 2.14. The van der Waals surface area contributed by atoms with E-state index in [0.29, 0.717) is 6.42 Å². The highest BCUT2D eigenvalue weighted by atomic mass is 16.7. The maximum atomic E-state index is 11.6. The SMILES string of the molecule is O=C(C=CCc1ccc2c(c1)OCO2)OCc1ccccc1. The van der Waals surface area contributed by atoms with Crippen molar-refractivity contribution in [1.29, 1.82) is 0 Å². The van der Waals surface area contributed by atoms with E-state index in [2.05, 4.69) is 0 Å². The van der Waals surface area contributed by atoms with Gasteiger partial charge in [0.15, 0.2) is 11.5 Å². The lowest BCUT2D eigenvalue weighted by molar-refractivity contribution is -0.139. The van der Waals surface area contributed by atoms with Gasteiger partial charge in [-0.05, 0) is 29.7 Å². The molecule has 0 N–H and O–H groups in total.